The van der Waals surface area contributed by atoms with Crippen molar-refractivity contribution in [2.24, 2.45) is 0 Å². The maximum Gasteiger partial charge on any atom is 0.128 e. The number of fused-ring (bicyclic) bond motifs is 1. The van der Waals surface area contributed by atoms with Gasteiger partial charge in [-0.25, -0.2) is 4.98 Å². The highest BCUT2D eigenvalue weighted by molar-refractivity contribution is 6.37. The summed E-state index contributed by atoms with van der Waals surface area (Å²) in [7, 11) is 1.64. The van der Waals surface area contributed by atoms with Crippen LogP contribution in [0, 0.1) is 0 Å². The normalized spacial score (nSPS) is 10.8. The number of rotatable bonds is 2. The molecule has 0 unspecified atom stereocenters. The molecule has 0 bridgehead atoms. The predicted octanol–water partition coefficient (Wildman–Crippen LogP) is 5.22. The third-order valence-corrected chi connectivity index (χ3v) is 3.65. The average molecular weight is 304 g/mol. The fourth-order valence-electron chi connectivity index (χ4n) is 2.15. The zero-order chi connectivity index (χ0) is 14.1. The Hall–Kier alpha value is -1.77. The van der Waals surface area contributed by atoms with Gasteiger partial charge < -0.3 is 4.74 Å². The second-order valence-corrected chi connectivity index (χ2v) is 5.19. The molecule has 4 heteroatoms. The molecule has 20 heavy (non-hydrogen) atoms. The minimum absolute atomic E-state index is 0.624. The Bertz CT molecular complexity index is 787. The van der Waals surface area contributed by atoms with E-state index in [-0.39, 0.29) is 0 Å². The van der Waals surface area contributed by atoms with E-state index < -0.39 is 0 Å². The van der Waals surface area contributed by atoms with Crippen LogP contribution >= 0.6 is 23.2 Å². The standard InChI is InChI=1S/C16H11Cl2NO/c1-20-16-5-3-2-4-11(16)15-9-13(18)12-8-10(17)6-7-14(12)19-15/h2-9H,1H3. The molecule has 0 spiro atoms. The van der Waals surface area contributed by atoms with E-state index in [4.69, 9.17) is 27.9 Å². The lowest BCUT2D eigenvalue weighted by atomic mass is 10.1. The zero-order valence-electron chi connectivity index (χ0n) is 10.7. The molecule has 2 aromatic carbocycles. The molecule has 3 aromatic rings. The average Bonchev–Trinajstić information content (AvgIpc) is 2.47. The third kappa shape index (κ3) is 2.33. The summed E-state index contributed by atoms with van der Waals surface area (Å²) in [5.41, 5.74) is 2.50. The first-order valence-electron chi connectivity index (χ1n) is 6.08. The van der Waals surface area contributed by atoms with E-state index in [0.717, 1.165) is 27.9 Å². The van der Waals surface area contributed by atoms with Crippen LogP contribution in [-0.4, -0.2) is 12.1 Å². The molecular formula is C16H11Cl2NO. The first kappa shape index (κ1) is 13.2. The van der Waals surface area contributed by atoms with Crippen LogP contribution in [0.4, 0.5) is 0 Å². The molecule has 0 aliphatic heterocycles. The Kier molecular flexibility index (Phi) is 3.51. The van der Waals surface area contributed by atoms with Gasteiger partial charge in [-0.2, -0.15) is 0 Å². The number of pyridine rings is 1. The van der Waals surface area contributed by atoms with Crippen LogP contribution in [0.3, 0.4) is 0 Å². The maximum absolute atomic E-state index is 6.34. The van der Waals surface area contributed by atoms with Crippen LogP contribution in [0.5, 0.6) is 5.75 Å². The maximum atomic E-state index is 6.34. The minimum Gasteiger partial charge on any atom is -0.496 e. The molecule has 0 radical (unpaired) electrons. The molecule has 3 rings (SSSR count). The summed E-state index contributed by atoms with van der Waals surface area (Å²) >= 11 is 12.3. The summed E-state index contributed by atoms with van der Waals surface area (Å²) in [6.07, 6.45) is 0. The number of para-hydroxylation sites is 1. The molecule has 0 aliphatic rings. The number of halogens is 2. The highest BCUT2D eigenvalue weighted by Gasteiger charge is 2.10. The molecule has 0 saturated heterocycles. The van der Waals surface area contributed by atoms with Gasteiger partial charge in [0.2, 0.25) is 0 Å². The third-order valence-electron chi connectivity index (χ3n) is 3.10. The second kappa shape index (κ2) is 5.31. The number of benzene rings is 2. The molecule has 0 saturated carbocycles. The lowest BCUT2D eigenvalue weighted by Gasteiger charge is -2.09. The summed E-state index contributed by atoms with van der Waals surface area (Å²) < 4.78 is 5.37. The van der Waals surface area contributed by atoms with E-state index in [0.29, 0.717) is 10.0 Å². The highest BCUT2D eigenvalue weighted by atomic mass is 35.5. The van der Waals surface area contributed by atoms with Gasteiger partial charge in [-0.3, -0.25) is 0 Å². The molecule has 0 amide bonds. The molecule has 0 atom stereocenters. The Morgan fingerprint density at radius 1 is 1.00 bits per heavy atom. The lowest BCUT2D eigenvalue weighted by molar-refractivity contribution is 0.416. The molecule has 0 fully saturated rings. The smallest absolute Gasteiger partial charge is 0.128 e. The van der Waals surface area contributed by atoms with E-state index >= 15 is 0 Å². The number of hydrogen-bond donors (Lipinski definition) is 0. The Balaban J connectivity index is 2.25. The highest BCUT2D eigenvalue weighted by Crippen LogP contribution is 2.33. The number of hydrogen-bond acceptors (Lipinski definition) is 2. The molecule has 2 nitrogen and oxygen atoms in total. The molecule has 0 aliphatic carbocycles. The second-order valence-electron chi connectivity index (χ2n) is 4.35. The van der Waals surface area contributed by atoms with Gasteiger partial charge in [0.25, 0.3) is 0 Å². The quantitative estimate of drug-likeness (QED) is 0.648. The number of nitrogens with zero attached hydrogens (tertiary/aromatic N) is 1. The Morgan fingerprint density at radius 2 is 1.80 bits per heavy atom. The van der Waals surface area contributed by atoms with Crippen molar-refractivity contribution in [2.75, 3.05) is 7.11 Å². The minimum atomic E-state index is 0.624. The van der Waals surface area contributed by atoms with Crippen LogP contribution < -0.4 is 4.74 Å². The number of ether oxygens (including phenoxy) is 1. The molecule has 100 valence electrons. The summed E-state index contributed by atoms with van der Waals surface area (Å²) in [4.78, 5) is 4.63. The Labute approximate surface area is 126 Å². The van der Waals surface area contributed by atoms with Gasteiger partial charge in [-0.15, -0.1) is 0 Å². The van der Waals surface area contributed by atoms with E-state index in [1.165, 1.54) is 0 Å². The Morgan fingerprint density at radius 3 is 2.60 bits per heavy atom. The fraction of sp³-hybridized carbons (Fsp3) is 0.0625. The van der Waals surface area contributed by atoms with Crippen LogP contribution in [0.1, 0.15) is 0 Å². The van der Waals surface area contributed by atoms with E-state index in [1.54, 1.807) is 13.2 Å². The monoisotopic (exact) mass is 303 g/mol. The first-order valence-corrected chi connectivity index (χ1v) is 6.84. The summed E-state index contributed by atoms with van der Waals surface area (Å²) in [6.45, 7) is 0. The van der Waals surface area contributed by atoms with Crippen molar-refractivity contribution in [3.63, 3.8) is 0 Å². The van der Waals surface area contributed by atoms with Gasteiger partial charge >= 0.3 is 0 Å². The van der Waals surface area contributed by atoms with Crippen molar-refractivity contribution in [2.45, 2.75) is 0 Å². The number of methoxy groups -OCH3 is 1. The summed E-state index contributed by atoms with van der Waals surface area (Å²) in [5, 5.41) is 2.11. The topological polar surface area (TPSA) is 22.1 Å². The fourth-order valence-corrected chi connectivity index (χ4v) is 2.58. The van der Waals surface area contributed by atoms with E-state index in [9.17, 15) is 0 Å². The van der Waals surface area contributed by atoms with Gasteiger partial charge in [0, 0.05) is 16.0 Å². The van der Waals surface area contributed by atoms with Crippen LogP contribution in [0.2, 0.25) is 10.0 Å². The van der Waals surface area contributed by atoms with Gasteiger partial charge in [0.1, 0.15) is 5.75 Å². The van der Waals surface area contributed by atoms with Gasteiger partial charge in [0.05, 0.1) is 23.3 Å². The van der Waals surface area contributed by atoms with E-state index in [2.05, 4.69) is 4.98 Å². The van der Waals surface area contributed by atoms with Gasteiger partial charge in [0.15, 0.2) is 0 Å². The van der Waals surface area contributed by atoms with Crippen molar-refractivity contribution < 1.29 is 4.74 Å². The van der Waals surface area contributed by atoms with Crippen LogP contribution in [-0.2, 0) is 0 Å². The van der Waals surface area contributed by atoms with E-state index in [1.807, 2.05) is 42.5 Å². The summed E-state index contributed by atoms with van der Waals surface area (Å²) in [5.74, 6) is 0.768. The molecule has 1 aromatic heterocycles. The van der Waals surface area contributed by atoms with Crippen molar-refractivity contribution in [1.82, 2.24) is 4.98 Å². The molecular weight excluding hydrogens is 293 g/mol. The first-order chi connectivity index (χ1) is 9.69. The zero-order valence-corrected chi connectivity index (χ0v) is 12.2. The van der Waals surface area contributed by atoms with Crippen molar-refractivity contribution >= 4 is 34.1 Å². The number of aromatic nitrogens is 1. The largest absolute Gasteiger partial charge is 0.496 e. The van der Waals surface area contributed by atoms with Crippen molar-refractivity contribution in [3.8, 4) is 17.0 Å². The SMILES string of the molecule is COc1ccccc1-c1cc(Cl)c2cc(Cl)ccc2n1. The van der Waals surface area contributed by atoms with Crippen LogP contribution in [0.15, 0.2) is 48.5 Å². The van der Waals surface area contributed by atoms with Gasteiger partial charge in [-0.05, 0) is 36.4 Å². The molecule has 1 heterocycles. The van der Waals surface area contributed by atoms with Crippen LogP contribution in [0.25, 0.3) is 22.2 Å². The van der Waals surface area contributed by atoms with Gasteiger partial charge in [-0.1, -0.05) is 35.3 Å². The van der Waals surface area contributed by atoms with Crippen molar-refractivity contribution in [3.05, 3.63) is 58.6 Å². The predicted molar refractivity (Wildman–Crippen MR) is 83.8 cm³/mol. The lowest BCUT2D eigenvalue weighted by Crippen LogP contribution is -1.91. The van der Waals surface area contributed by atoms with Crippen molar-refractivity contribution in [1.29, 1.82) is 0 Å². The summed E-state index contributed by atoms with van der Waals surface area (Å²) in [6, 6.07) is 15.0. The molecule has 0 N–H and O–H groups in total.